The second-order valence-corrected chi connectivity index (χ2v) is 1.83. The van der Waals surface area contributed by atoms with Crippen molar-refractivity contribution < 1.29 is 9.52 Å². The van der Waals surface area contributed by atoms with E-state index in [1.165, 1.54) is 12.6 Å². The third-order valence-electron chi connectivity index (χ3n) is 1.22. The second kappa shape index (κ2) is 1.70. The van der Waals surface area contributed by atoms with Gasteiger partial charge in [-0.15, -0.1) is 0 Å². The topological polar surface area (TPSA) is 59.2 Å². The first-order valence-electron chi connectivity index (χ1n) is 2.75. The summed E-state index contributed by atoms with van der Waals surface area (Å²) in [7, 11) is 0. The number of furan rings is 1. The lowest BCUT2D eigenvalue weighted by molar-refractivity contribution is 0.443. The summed E-state index contributed by atoms with van der Waals surface area (Å²) in [4.78, 5) is 7.37. The van der Waals surface area contributed by atoms with Crippen molar-refractivity contribution in [3.63, 3.8) is 0 Å². The molecule has 1 N–H and O–H groups in total. The lowest BCUT2D eigenvalue weighted by Gasteiger charge is -1.87. The van der Waals surface area contributed by atoms with Crippen LogP contribution in [0.4, 0.5) is 0 Å². The Morgan fingerprint density at radius 2 is 2.30 bits per heavy atom. The van der Waals surface area contributed by atoms with Crippen molar-refractivity contribution in [3.05, 3.63) is 18.7 Å². The van der Waals surface area contributed by atoms with Crippen LogP contribution in [-0.2, 0) is 0 Å². The van der Waals surface area contributed by atoms with Crippen LogP contribution in [0.15, 0.2) is 23.1 Å². The number of hydrogen-bond donors (Lipinski definition) is 1. The minimum Gasteiger partial charge on any atom is -0.491 e. The van der Waals surface area contributed by atoms with Crippen LogP contribution >= 0.6 is 0 Å². The molecule has 0 unspecified atom stereocenters. The van der Waals surface area contributed by atoms with Crippen LogP contribution in [0.2, 0.25) is 0 Å². The standard InChI is InChI=1S/C6H4N2O2/c9-6-5-4(1-2-10-5)7-3-8-6/h1-3H,(H,7,8,9). The van der Waals surface area contributed by atoms with Crippen LogP contribution in [0.5, 0.6) is 5.88 Å². The van der Waals surface area contributed by atoms with E-state index >= 15 is 0 Å². The molecule has 0 amide bonds. The number of aromatic hydroxyl groups is 1. The molecule has 0 fully saturated rings. The highest BCUT2D eigenvalue weighted by molar-refractivity contribution is 5.76. The zero-order chi connectivity index (χ0) is 6.97. The lowest BCUT2D eigenvalue weighted by Crippen LogP contribution is -1.76. The maximum absolute atomic E-state index is 9.02. The Labute approximate surface area is 56.1 Å². The molecule has 50 valence electrons. The van der Waals surface area contributed by atoms with Crippen molar-refractivity contribution >= 4 is 11.1 Å². The first kappa shape index (κ1) is 5.22. The molecule has 0 aliphatic rings. The number of hydrogen-bond acceptors (Lipinski definition) is 4. The molecule has 0 aromatic carbocycles. The SMILES string of the molecule is Oc1ncnc2ccoc12. The summed E-state index contributed by atoms with van der Waals surface area (Å²) in [6.45, 7) is 0. The van der Waals surface area contributed by atoms with E-state index in [1.807, 2.05) is 0 Å². The summed E-state index contributed by atoms with van der Waals surface area (Å²) in [5.74, 6) is -0.116. The molecule has 0 radical (unpaired) electrons. The van der Waals surface area contributed by atoms with Crippen LogP contribution in [-0.4, -0.2) is 15.1 Å². The summed E-state index contributed by atoms with van der Waals surface area (Å²) < 4.78 is 4.87. The predicted octanol–water partition coefficient (Wildman–Crippen LogP) is 0.928. The molecule has 4 nitrogen and oxygen atoms in total. The molecule has 2 aromatic rings. The van der Waals surface area contributed by atoms with Gasteiger partial charge in [0.05, 0.1) is 6.26 Å². The van der Waals surface area contributed by atoms with Gasteiger partial charge in [-0.1, -0.05) is 0 Å². The Morgan fingerprint density at radius 3 is 3.10 bits per heavy atom. The van der Waals surface area contributed by atoms with E-state index < -0.39 is 0 Å². The average Bonchev–Trinajstić information content (AvgIpc) is 2.36. The Morgan fingerprint density at radius 1 is 1.40 bits per heavy atom. The van der Waals surface area contributed by atoms with Crippen molar-refractivity contribution in [2.24, 2.45) is 0 Å². The number of fused-ring (bicyclic) bond motifs is 1. The van der Waals surface area contributed by atoms with Gasteiger partial charge in [0, 0.05) is 6.07 Å². The van der Waals surface area contributed by atoms with Gasteiger partial charge in [-0.2, -0.15) is 4.98 Å². The molecule has 2 rings (SSSR count). The molecule has 2 aromatic heterocycles. The molecule has 0 spiro atoms. The highest BCUT2D eigenvalue weighted by Gasteiger charge is 2.02. The lowest BCUT2D eigenvalue weighted by atomic mass is 10.5. The number of rotatable bonds is 0. The van der Waals surface area contributed by atoms with Crippen LogP contribution in [0, 0.1) is 0 Å². The monoisotopic (exact) mass is 136 g/mol. The fraction of sp³-hybridized carbons (Fsp3) is 0. The van der Waals surface area contributed by atoms with Crippen LogP contribution in [0.3, 0.4) is 0 Å². The summed E-state index contributed by atoms with van der Waals surface area (Å²) >= 11 is 0. The largest absolute Gasteiger partial charge is 0.491 e. The van der Waals surface area contributed by atoms with Crippen molar-refractivity contribution in [3.8, 4) is 5.88 Å². The minimum absolute atomic E-state index is 0.116. The molecule has 4 heteroatoms. The Hall–Kier alpha value is -1.58. The fourth-order valence-corrected chi connectivity index (χ4v) is 0.776. The van der Waals surface area contributed by atoms with E-state index in [4.69, 9.17) is 9.52 Å². The molecule has 2 heterocycles. The van der Waals surface area contributed by atoms with E-state index in [-0.39, 0.29) is 5.88 Å². The van der Waals surface area contributed by atoms with Gasteiger partial charge in [0.25, 0.3) is 5.88 Å². The van der Waals surface area contributed by atoms with Crippen molar-refractivity contribution in [1.29, 1.82) is 0 Å². The first-order valence-corrected chi connectivity index (χ1v) is 2.75. The summed E-state index contributed by atoms with van der Waals surface area (Å²) in [5.41, 5.74) is 0.954. The summed E-state index contributed by atoms with van der Waals surface area (Å²) in [6, 6.07) is 1.66. The van der Waals surface area contributed by atoms with E-state index in [0.717, 1.165) is 0 Å². The van der Waals surface area contributed by atoms with E-state index in [0.29, 0.717) is 11.1 Å². The Kier molecular flexibility index (Phi) is 0.887. The number of aromatic nitrogens is 2. The van der Waals surface area contributed by atoms with Gasteiger partial charge in [-0.25, -0.2) is 4.98 Å². The first-order chi connectivity index (χ1) is 4.88. The molecular formula is C6H4N2O2. The van der Waals surface area contributed by atoms with Gasteiger partial charge in [-0.05, 0) is 0 Å². The van der Waals surface area contributed by atoms with Crippen LogP contribution in [0.25, 0.3) is 11.1 Å². The van der Waals surface area contributed by atoms with E-state index in [1.54, 1.807) is 6.07 Å². The van der Waals surface area contributed by atoms with Crippen molar-refractivity contribution in [2.45, 2.75) is 0 Å². The Balaban J connectivity index is 2.95. The predicted molar refractivity (Wildman–Crippen MR) is 33.5 cm³/mol. The maximum atomic E-state index is 9.02. The molecule has 0 aliphatic carbocycles. The summed E-state index contributed by atoms with van der Waals surface area (Å²) in [6.07, 6.45) is 2.74. The van der Waals surface area contributed by atoms with Gasteiger partial charge < -0.3 is 9.52 Å². The number of nitrogens with zero attached hydrogens (tertiary/aromatic N) is 2. The average molecular weight is 136 g/mol. The van der Waals surface area contributed by atoms with Crippen molar-refractivity contribution in [2.75, 3.05) is 0 Å². The second-order valence-electron chi connectivity index (χ2n) is 1.83. The Bertz CT molecular complexity index is 355. The third-order valence-corrected chi connectivity index (χ3v) is 1.22. The smallest absolute Gasteiger partial charge is 0.258 e. The highest BCUT2D eigenvalue weighted by atomic mass is 16.3. The molecule has 0 atom stereocenters. The van der Waals surface area contributed by atoms with E-state index in [9.17, 15) is 0 Å². The zero-order valence-corrected chi connectivity index (χ0v) is 4.98. The zero-order valence-electron chi connectivity index (χ0n) is 4.98. The third kappa shape index (κ3) is 0.556. The van der Waals surface area contributed by atoms with Gasteiger partial charge in [0.15, 0.2) is 0 Å². The molecular weight excluding hydrogens is 132 g/mol. The highest BCUT2D eigenvalue weighted by Crippen LogP contribution is 2.19. The van der Waals surface area contributed by atoms with Gasteiger partial charge in [0.1, 0.15) is 11.8 Å². The summed E-state index contributed by atoms with van der Waals surface area (Å²) in [5, 5.41) is 9.02. The minimum atomic E-state index is -0.116. The molecule has 0 saturated heterocycles. The molecule has 0 saturated carbocycles. The molecule has 0 aliphatic heterocycles. The quantitative estimate of drug-likeness (QED) is 0.585. The van der Waals surface area contributed by atoms with Crippen molar-refractivity contribution in [1.82, 2.24) is 9.97 Å². The normalized spacial score (nSPS) is 10.4. The van der Waals surface area contributed by atoms with Gasteiger partial charge >= 0.3 is 0 Å². The molecule has 10 heavy (non-hydrogen) atoms. The van der Waals surface area contributed by atoms with Crippen LogP contribution in [0.1, 0.15) is 0 Å². The van der Waals surface area contributed by atoms with Gasteiger partial charge in [-0.3, -0.25) is 0 Å². The van der Waals surface area contributed by atoms with E-state index in [2.05, 4.69) is 9.97 Å². The van der Waals surface area contributed by atoms with Crippen LogP contribution < -0.4 is 0 Å². The van der Waals surface area contributed by atoms with Gasteiger partial charge in [0.2, 0.25) is 5.58 Å². The maximum Gasteiger partial charge on any atom is 0.258 e. The fourth-order valence-electron chi connectivity index (χ4n) is 0.776. The molecule has 0 bridgehead atoms.